The fourth-order valence-electron chi connectivity index (χ4n) is 2.94. The number of carbonyl (C=O) groups excluding carboxylic acids is 1. The fourth-order valence-corrected chi connectivity index (χ4v) is 4.13. The number of likely N-dealkylation sites (tertiary alicyclic amines) is 1. The summed E-state index contributed by atoms with van der Waals surface area (Å²) in [6.07, 6.45) is 4.47. The largest absolute Gasteiger partial charge is 0.338 e. The van der Waals surface area contributed by atoms with E-state index in [4.69, 9.17) is 4.52 Å². The van der Waals surface area contributed by atoms with Crippen LogP contribution in [-0.4, -0.2) is 45.3 Å². The quantitative estimate of drug-likeness (QED) is 0.652. The summed E-state index contributed by atoms with van der Waals surface area (Å²) in [5, 5.41) is 6.86. The second-order valence-corrected chi connectivity index (χ2v) is 7.47. The van der Waals surface area contributed by atoms with Crippen LogP contribution in [0.5, 0.6) is 0 Å². The van der Waals surface area contributed by atoms with Gasteiger partial charge in [0.25, 0.3) is 11.8 Å². The summed E-state index contributed by atoms with van der Waals surface area (Å²) in [5.74, 6) is 1.35. The van der Waals surface area contributed by atoms with E-state index in [0.29, 0.717) is 30.4 Å². The van der Waals surface area contributed by atoms with Crippen LogP contribution in [0.2, 0.25) is 0 Å². The molecule has 0 N–H and O–H groups in total. The van der Waals surface area contributed by atoms with E-state index in [0.717, 1.165) is 16.3 Å². The van der Waals surface area contributed by atoms with Crippen molar-refractivity contribution in [3.63, 3.8) is 0 Å². The Morgan fingerprint density at radius 1 is 1.40 bits per heavy atom. The molecule has 25 heavy (non-hydrogen) atoms. The van der Waals surface area contributed by atoms with Crippen LogP contribution in [0.3, 0.4) is 0 Å². The first-order valence-electron chi connectivity index (χ1n) is 7.92. The summed E-state index contributed by atoms with van der Waals surface area (Å²) in [4.78, 5) is 24.4. The number of hydrogen-bond donors (Lipinski definition) is 0. The normalized spacial score (nSPS) is 17.2. The molecule has 4 heterocycles. The van der Waals surface area contributed by atoms with E-state index in [1.807, 2.05) is 34.7 Å². The number of thiophene rings is 1. The molecule has 0 radical (unpaired) electrons. The van der Waals surface area contributed by atoms with Crippen molar-refractivity contribution in [2.45, 2.75) is 17.4 Å². The van der Waals surface area contributed by atoms with Gasteiger partial charge in [-0.25, -0.2) is 4.98 Å². The minimum Gasteiger partial charge on any atom is -0.338 e. The molecule has 0 spiro atoms. The van der Waals surface area contributed by atoms with Gasteiger partial charge in [0, 0.05) is 25.2 Å². The van der Waals surface area contributed by atoms with Gasteiger partial charge in [0.05, 0.1) is 10.4 Å². The third-order valence-electron chi connectivity index (χ3n) is 4.21. The summed E-state index contributed by atoms with van der Waals surface area (Å²) in [6, 6.07) is 7.54. The lowest BCUT2D eigenvalue weighted by Gasteiger charge is -2.17. The van der Waals surface area contributed by atoms with Crippen LogP contribution in [0.4, 0.5) is 0 Å². The average Bonchev–Trinajstić information content (AvgIpc) is 3.41. The van der Waals surface area contributed by atoms with E-state index in [1.165, 1.54) is 11.8 Å². The highest BCUT2D eigenvalue weighted by molar-refractivity contribution is 7.98. The Bertz CT molecular complexity index is 878. The van der Waals surface area contributed by atoms with E-state index < -0.39 is 0 Å². The molecule has 3 aromatic rings. The number of hydrogen-bond acceptors (Lipinski definition) is 7. The van der Waals surface area contributed by atoms with Gasteiger partial charge in [-0.2, -0.15) is 4.98 Å². The number of thioether (sulfide) groups is 1. The van der Waals surface area contributed by atoms with E-state index >= 15 is 0 Å². The number of rotatable bonds is 4. The van der Waals surface area contributed by atoms with Crippen molar-refractivity contribution in [1.29, 1.82) is 0 Å². The monoisotopic (exact) mass is 372 g/mol. The predicted molar refractivity (Wildman–Crippen MR) is 96.9 cm³/mol. The van der Waals surface area contributed by atoms with E-state index in [2.05, 4.69) is 15.1 Å². The SMILES string of the molecule is CSc1ncccc1C(=O)N1CC[C@H](c2noc(-c3cccs3)n2)C1. The summed E-state index contributed by atoms with van der Waals surface area (Å²) < 4.78 is 5.37. The third kappa shape index (κ3) is 3.19. The van der Waals surface area contributed by atoms with Crippen molar-refractivity contribution >= 4 is 29.0 Å². The second kappa shape index (κ2) is 6.97. The summed E-state index contributed by atoms with van der Waals surface area (Å²) >= 11 is 3.05. The molecule has 0 saturated carbocycles. The summed E-state index contributed by atoms with van der Waals surface area (Å²) in [7, 11) is 0. The lowest BCUT2D eigenvalue weighted by atomic mass is 10.1. The van der Waals surface area contributed by atoms with Crippen LogP contribution < -0.4 is 0 Å². The molecule has 3 aromatic heterocycles. The minimum atomic E-state index is 0.0157. The number of aromatic nitrogens is 3. The van der Waals surface area contributed by atoms with Gasteiger partial charge in [-0.1, -0.05) is 11.2 Å². The molecule has 1 aliphatic rings. The highest BCUT2D eigenvalue weighted by Gasteiger charge is 2.32. The standard InChI is InChI=1S/C17H16N4O2S2/c1-24-16-12(4-2-7-18-16)17(22)21-8-6-11(10-21)14-19-15(23-20-14)13-5-3-9-25-13/h2-5,7,9,11H,6,8,10H2,1H3/t11-/m0/s1. The topological polar surface area (TPSA) is 72.1 Å². The minimum absolute atomic E-state index is 0.0157. The summed E-state index contributed by atoms with van der Waals surface area (Å²) in [5.41, 5.74) is 0.656. The number of carbonyl (C=O) groups is 1. The van der Waals surface area contributed by atoms with Gasteiger partial charge in [-0.15, -0.1) is 23.1 Å². The maximum absolute atomic E-state index is 12.8. The first-order valence-corrected chi connectivity index (χ1v) is 10.0. The van der Waals surface area contributed by atoms with E-state index in [1.54, 1.807) is 23.6 Å². The Morgan fingerprint density at radius 2 is 2.32 bits per heavy atom. The molecule has 128 valence electrons. The maximum Gasteiger partial charge on any atom is 0.267 e. The van der Waals surface area contributed by atoms with Crippen LogP contribution in [0.25, 0.3) is 10.8 Å². The van der Waals surface area contributed by atoms with Crippen LogP contribution in [0, 0.1) is 0 Å². The van der Waals surface area contributed by atoms with E-state index in [9.17, 15) is 4.79 Å². The molecule has 1 fully saturated rings. The molecular weight excluding hydrogens is 356 g/mol. The molecule has 1 amide bonds. The third-order valence-corrected chi connectivity index (χ3v) is 5.78. The van der Waals surface area contributed by atoms with E-state index in [-0.39, 0.29) is 11.8 Å². The molecular formula is C17H16N4O2S2. The number of nitrogens with zero attached hydrogens (tertiary/aromatic N) is 4. The van der Waals surface area contributed by atoms with Crippen molar-refractivity contribution in [3.8, 4) is 10.8 Å². The maximum atomic E-state index is 12.8. The van der Waals surface area contributed by atoms with Gasteiger partial charge in [-0.05, 0) is 36.3 Å². The van der Waals surface area contributed by atoms with Crippen LogP contribution in [0.1, 0.15) is 28.5 Å². The zero-order valence-corrected chi connectivity index (χ0v) is 15.2. The van der Waals surface area contributed by atoms with Crippen molar-refractivity contribution < 1.29 is 9.32 Å². The van der Waals surface area contributed by atoms with Gasteiger partial charge in [-0.3, -0.25) is 4.79 Å². The molecule has 1 atom stereocenters. The van der Waals surface area contributed by atoms with Crippen molar-refractivity contribution in [2.75, 3.05) is 19.3 Å². The Balaban J connectivity index is 1.49. The Kier molecular flexibility index (Phi) is 4.54. The highest BCUT2D eigenvalue weighted by atomic mass is 32.2. The average molecular weight is 372 g/mol. The molecule has 0 unspecified atom stereocenters. The first kappa shape index (κ1) is 16.3. The van der Waals surface area contributed by atoms with Gasteiger partial charge < -0.3 is 9.42 Å². The molecule has 1 aliphatic heterocycles. The molecule has 0 bridgehead atoms. The lowest BCUT2D eigenvalue weighted by molar-refractivity contribution is 0.0786. The fraction of sp³-hybridized carbons (Fsp3) is 0.294. The second-order valence-electron chi connectivity index (χ2n) is 5.73. The molecule has 8 heteroatoms. The van der Waals surface area contributed by atoms with Crippen molar-refractivity contribution in [3.05, 3.63) is 47.2 Å². The first-order chi connectivity index (χ1) is 12.3. The molecule has 0 aliphatic carbocycles. The highest BCUT2D eigenvalue weighted by Crippen LogP contribution is 2.30. The van der Waals surface area contributed by atoms with Crippen LogP contribution in [0.15, 0.2) is 45.4 Å². The Hall–Kier alpha value is -2.19. The van der Waals surface area contributed by atoms with Crippen LogP contribution in [-0.2, 0) is 0 Å². The predicted octanol–water partition coefficient (Wildman–Crippen LogP) is 3.54. The molecule has 4 rings (SSSR count). The number of pyridine rings is 1. The van der Waals surface area contributed by atoms with Crippen molar-refractivity contribution in [2.24, 2.45) is 0 Å². The number of amides is 1. The van der Waals surface area contributed by atoms with Crippen molar-refractivity contribution in [1.82, 2.24) is 20.0 Å². The van der Waals surface area contributed by atoms with Gasteiger partial charge in [0.15, 0.2) is 5.82 Å². The van der Waals surface area contributed by atoms with Gasteiger partial charge in [0.2, 0.25) is 0 Å². The molecule has 1 saturated heterocycles. The Labute approximate surface area is 153 Å². The zero-order valence-electron chi connectivity index (χ0n) is 13.6. The van der Waals surface area contributed by atoms with Crippen LogP contribution >= 0.6 is 23.1 Å². The molecule has 0 aromatic carbocycles. The smallest absolute Gasteiger partial charge is 0.267 e. The summed E-state index contributed by atoms with van der Waals surface area (Å²) in [6.45, 7) is 1.29. The van der Waals surface area contributed by atoms with Gasteiger partial charge in [0.1, 0.15) is 5.03 Å². The lowest BCUT2D eigenvalue weighted by Crippen LogP contribution is -2.29. The Morgan fingerprint density at radius 3 is 3.12 bits per heavy atom. The molecule has 6 nitrogen and oxygen atoms in total. The van der Waals surface area contributed by atoms with Gasteiger partial charge >= 0.3 is 0 Å². The zero-order chi connectivity index (χ0) is 17.2.